The van der Waals surface area contributed by atoms with E-state index in [9.17, 15) is 9.90 Å². The second-order valence-electron chi connectivity index (χ2n) is 5.83. The van der Waals surface area contributed by atoms with Gasteiger partial charge in [-0.15, -0.1) is 0 Å². The molecular weight excluding hydrogens is 242 g/mol. The van der Waals surface area contributed by atoms with Gasteiger partial charge in [0.05, 0.1) is 5.60 Å². The van der Waals surface area contributed by atoms with E-state index in [1.807, 2.05) is 30.3 Å². The van der Waals surface area contributed by atoms with Crippen LogP contribution in [0.2, 0.25) is 0 Å². The minimum absolute atomic E-state index is 0.268. The third-order valence-corrected chi connectivity index (χ3v) is 3.21. The fraction of sp³-hybridized carbons (Fsp3) is 0.533. The van der Waals surface area contributed by atoms with Gasteiger partial charge in [0.15, 0.2) is 0 Å². The lowest BCUT2D eigenvalue weighted by atomic mass is 9.88. The average Bonchev–Trinajstić information content (AvgIpc) is 2.30. The Morgan fingerprint density at radius 1 is 1.37 bits per heavy atom. The number of rotatable bonds is 4. The average molecular weight is 263 g/mol. The zero-order valence-corrected chi connectivity index (χ0v) is 11.5. The lowest BCUT2D eigenvalue weighted by Gasteiger charge is -2.40. The number of hydrogen-bond acceptors (Lipinski definition) is 3. The monoisotopic (exact) mass is 263 g/mol. The molecule has 0 aliphatic carbocycles. The molecule has 0 atom stereocenters. The standard InChI is InChI=1S/C15H21NO3/c1-15(2,18)8-13-9-16(10-13)14(17)19-11-12-6-4-3-5-7-12/h3-7,13,18H,8-11H2,1-2H3. The van der Waals surface area contributed by atoms with Crippen molar-refractivity contribution in [1.82, 2.24) is 4.90 Å². The third kappa shape index (κ3) is 4.24. The van der Waals surface area contributed by atoms with Gasteiger partial charge in [0.2, 0.25) is 0 Å². The molecule has 1 aliphatic heterocycles. The number of aliphatic hydroxyl groups is 1. The molecule has 0 radical (unpaired) electrons. The Bertz CT molecular complexity index is 419. The number of hydrogen-bond donors (Lipinski definition) is 1. The van der Waals surface area contributed by atoms with E-state index in [2.05, 4.69) is 0 Å². The minimum atomic E-state index is -0.662. The molecule has 1 heterocycles. The van der Waals surface area contributed by atoms with E-state index >= 15 is 0 Å². The van der Waals surface area contributed by atoms with Gasteiger partial charge in [-0.25, -0.2) is 4.79 Å². The van der Waals surface area contributed by atoms with E-state index in [1.165, 1.54) is 0 Å². The molecule has 0 bridgehead atoms. The Morgan fingerprint density at radius 2 is 2.00 bits per heavy atom. The number of ether oxygens (including phenoxy) is 1. The molecule has 19 heavy (non-hydrogen) atoms. The molecule has 0 aromatic heterocycles. The molecule has 1 N–H and O–H groups in total. The first-order chi connectivity index (χ1) is 8.94. The lowest BCUT2D eigenvalue weighted by molar-refractivity contribution is -0.000782. The van der Waals surface area contributed by atoms with Crippen LogP contribution in [0, 0.1) is 5.92 Å². The first kappa shape index (κ1) is 13.9. The zero-order chi connectivity index (χ0) is 13.9. The second kappa shape index (κ2) is 5.61. The molecule has 1 amide bonds. The van der Waals surface area contributed by atoms with E-state index in [1.54, 1.807) is 18.7 Å². The Hall–Kier alpha value is -1.55. The highest BCUT2D eigenvalue weighted by Crippen LogP contribution is 2.25. The maximum atomic E-state index is 11.8. The van der Waals surface area contributed by atoms with Crippen LogP contribution in [0.1, 0.15) is 25.8 Å². The van der Waals surface area contributed by atoms with Crippen molar-refractivity contribution in [1.29, 1.82) is 0 Å². The molecule has 1 saturated heterocycles. The summed E-state index contributed by atoms with van der Waals surface area (Å²) in [5.74, 6) is 0.379. The smallest absolute Gasteiger partial charge is 0.410 e. The summed E-state index contributed by atoms with van der Waals surface area (Å²) in [6, 6.07) is 9.64. The van der Waals surface area contributed by atoms with Crippen LogP contribution in [-0.2, 0) is 11.3 Å². The van der Waals surface area contributed by atoms with E-state index in [4.69, 9.17) is 4.74 Å². The van der Waals surface area contributed by atoms with Crippen molar-refractivity contribution in [3.63, 3.8) is 0 Å². The molecule has 104 valence electrons. The van der Waals surface area contributed by atoms with Gasteiger partial charge in [0.25, 0.3) is 0 Å². The van der Waals surface area contributed by atoms with Crippen LogP contribution in [0.5, 0.6) is 0 Å². The summed E-state index contributed by atoms with van der Waals surface area (Å²) in [6.07, 6.45) is 0.450. The molecule has 0 saturated carbocycles. The van der Waals surface area contributed by atoms with Crippen LogP contribution in [0.3, 0.4) is 0 Å². The molecule has 1 fully saturated rings. The third-order valence-electron chi connectivity index (χ3n) is 3.21. The van der Waals surface area contributed by atoms with Crippen LogP contribution in [-0.4, -0.2) is 34.8 Å². The Labute approximate surface area is 114 Å². The number of carbonyl (C=O) groups is 1. The van der Waals surface area contributed by atoms with Gasteiger partial charge in [-0.05, 0) is 31.7 Å². The molecule has 1 aromatic carbocycles. The summed E-state index contributed by atoms with van der Waals surface area (Å²) in [5, 5.41) is 9.70. The van der Waals surface area contributed by atoms with E-state index in [0.717, 1.165) is 12.0 Å². The van der Waals surface area contributed by atoms with Crippen molar-refractivity contribution < 1.29 is 14.6 Å². The summed E-state index contributed by atoms with van der Waals surface area (Å²) >= 11 is 0. The highest BCUT2D eigenvalue weighted by atomic mass is 16.6. The molecule has 1 aliphatic rings. The van der Waals surface area contributed by atoms with Crippen LogP contribution in [0.25, 0.3) is 0 Å². The molecule has 0 unspecified atom stereocenters. The van der Waals surface area contributed by atoms with Crippen LogP contribution in [0.15, 0.2) is 30.3 Å². The quantitative estimate of drug-likeness (QED) is 0.907. The number of benzene rings is 1. The Kier molecular flexibility index (Phi) is 4.10. The highest BCUT2D eigenvalue weighted by molar-refractivity contribution is 5.68. The predicted molar refractivity (Wildman–Crippen MR) is 72.6 cm³/mol. The van der Waals surface area contributed by atoms with Gasteiger partial charge >= 0.3 is 6.09 Å². The van der Waals surface area contributed by atoms with E-state index in [-0.39, 0.29) is 6.09 Å². The lowest BCUT2D eigenvalue weighted by Crippen LogP contribution is -2.51. The van der Waals surface area contributed by atoms with Crippen molar-refractivity contribution in [2.24, 2.45) is 5.92 Å². The SMILES string of the molecule is CC(C)(O)CC1CN(C(=O)OCc2ccccc2)C1. The fourth-order valence-electron chi connectivity index (χ4n) is 2.37. The summed E-state index contributed by atoms with van der Waals surface area (Å²) in [4.78, 5) is 13.4. The number of amides is 1. The minimum Gasteiger partial charge on any atom is -0.445 e. The molecule has 4 nitrogen and oxygen atoms in total. The molecule has 4 heteroatoms. The normalized spacial score (nSPS) is 16.1. The largest absolute Gasteiger partial charge is 0.445 e. The molecular formula is C15H21NO3. The van der Waals surface area contributed by atoms with Crippen LogP contribution >= 0.6 is 0 Å². The first-order valence-corrected chi connectivity index (χ1v) is 6.62. The van der Waals surface area contributed by atoms with Gasteiger partial charge in [0, 0.05) is 13.1 Å². The van der Waals surface area contributed by atoms with Crippen molar-refractivity contribution in [3.05, 3.63) is 35.9 Å². The van der Waals surface area contributed by atoms with E-state index < -0.39 is 5.60 Å². The fourth-order valence-corrected chi connectivity index (χ4v) is 2.37. The zero-order valence-electron chi connectivity index (χ0n) is 11.5. The van der Waals surface area contributed by atoms with Crippen molar-refractivity contribution in [2.75, 3.05) is 13.1 Å². The number of carbonyl (C=O) groups excluding carboxylic acids is 1. The van der Waals surface area contributed by atoms with Crippen molar-refractivity contribution >= 4 is 6.09 Å². The van der Waals surface area contributed by atoms with E-state index in [0.29, 0.717) is 25.6 Å². The van der Waals surface area contributed by atoms with Gasteiger partial charge < -0.3 is 14.7 Å². The van der Waals surface area contributed by atoms with Crippen molar-refractivity contribution in [2.45, 2.75) is 32.5 Å². The highest BCUT2D eigenvalue weighted by Gasteiger charge is 2.34. The second-order valence-corrected chi connectivity index (χ2v) is 5.83. The predicted octanol–water partition coefficient (Wildman–Crippen LogP) is 2.42. The summed E-state index contributed by atoms with van der Waals surface area (Å²) < 4.78 is 5.23. The molecule has 1 aromatic rings. The van der Waals surface area contributed by atoms with Crippen LogP contribution < -0.4 is 0 Å². The van der Waals surface area contributed by atoms with Crippen LogP contribution in [0.4, 0.5) is 4.79 Å². The first-order valence-electron chi connectivity index (χ1n) is 6.62. The Balaban J connectivity index is 1.69. The summed E-state index contributed by atoms with van der Waals surface area (Å²) in [5.41, 5.74) is 0.328. The summed E-state index contributed by atoms with van der Waals surface area (Å²) in [6.45, 7) is 5.26. The molecule has 0 spiro atoms. The Morgan fingerprint density at radius 3 is 2.58 bits per heavy atom. The summed E-state index contributed by atoms with van der Waals surface area (Å²) in [7, 11) is 0. The maximum absolute atomic E-state index is 11.8. The van der Waals surface area contributed by atoms with Gasteiger partial charge in [-0.3, -0.25) is 0 Å². The number of likely N-dealkylation sites (tertiary alicyclic amines) is 1. The number of nitrogens with zero attached hydrogens (tertiary/aromatic N) is 1. The van der Waals surface area contributed by atoms with Gasteiger partial charge in [-0.1, -0.05) is 30.3 Å². The molecule has 2 rings (SSSR count). The van der Waals surface area contributed by atoms with Crippen molar-refractivity contribution in [3.8, 4) is 0 Å². The maximum Gasteiger partial charge on any atom is 0.410 e. The van der Waals surface area contributed by atoms with Gasteiger partial charge in [0.1, 0.15) is 6.61 Å². The topological polar surface area (TPSA) is 49.8 Å². The van der Waals surface area contributed by atoms with Gasteiger partial charge in [-0.2, -0.15) is 0 Å².